The first-order valence-electron chi connectivity index (χ1n) is 4.23. The Kier molecular flexibility index (Phi) is 2.17. The van der Waals surface area contributed by atoms with Crippen molar-refractivity contribution < 1.29 is 4.79 Å². The Balaban J connectivity index is 2.79. The van der Waals surface area contributed by atoms with Crippen LogP contribution in [0.2, 0.25) is 0 Å². The molecular weight excluding hydrogens is 136 g/mol. The summed E-state index contributed by atoms with van der Waals surface area (Å²) >= 11 is 0. The number of ketones is 1. The first-order chi connectivity index (χ1) is 5.04. The highest BCUT2D eigenvalue weighted by Gasteiger charge is 2.30. The summed E-state index contributed by atoms with van der Waals surface area (Å²) in [4.78, 5) is 11.2. The zero-order chi connectivity index (χ0) is 8.48. The van der Waals surface area contributed by atoms with Crippen LogP contribution in [0.3, 0.4) is 0 Å². The van der Waals surface area contributed by atoms with Crippen molar-refractivity contribution in [1.29, 1.82) is 0 Å². The highest BCUT2D eigenvalue weighted by atomic mass is 16.1. The summed E-state index contributed by atoms with van der Waals surface area (Å²) in [7, 11) is 0. The number of hydrogen-bond donors (Lipinski definition) is 0. The summed E-state index contributed by atoms with van der Waals surface area (Å²) in [5.41, 5.74) is -0.169. The molecule has 1 aliphatic carbocycles. The van der Waals surface area contributed by atoms with E-state index in [2.05, 4.69) is 19.1 Å². The van der Waals surface area contributed by atoms with Crippen molar-refractivity contribution in [3.8, 4) is 0 Å². The molecule has 0 radical (unpaired) electrons. The van der Waals surface area contributed by atoms with Gasteiger partial charge in [0.2, 0.25) is 0 Å². The van der Waals surface area contributed by atoms with E-state index in [9.17, 15) is 4.79 Å². The largest absolute Gasteiger partial charge is 0.299 e. The number of Topliss-reactive ketones (excluding diaryl/α,β-unsaturated/α-hetero) is 1. The summed E-state index contributed by atoms with van der Waals surface area (Å²) in [5, 5.41) is 0. The SMILES string of the molecule is CC(=O)C1(C)C=CCC(C)C1. The molecule has 0 bridgehead atoms. The van der Waals surface area contributed by atoms with Crippen LogP contribution in [0, 0.1) is 11.3 Å². The number of hydrogen-bond acceptors (Lipinski definition) is 1. The van der Waals surface area contributed by atoms with Crippen molar-refractivity contribution in [3.63, 3.8) is 0 Å². The quantitative estimate of drug-likeness (QED) is 0.528. The zero-order valence-corrected chi connectivity index (χ0v) is 7.55. The third-order valence-corrected chi connectivity index (χ3v) is 2.60. The second-order valence-corrected chi connectivity index (χ2v) is 3.92. The van der Waals surface area contributed by atoms with Crippen molar-refractivity contribution in [2.45, 2.75) is 33.6 Å². The lowest BCUT2D eigenvalue weighted by molar-refractivity contribution is -0.124. The average molecular weight is 152 g/mol. The molecule has 0 aliphatic heterocycles. The predicted molar refractivity (Wildman–Crippen MR) is 46.3 cm³/mol. The van der Waals surface area contributed by atoms with Gasteiger partial charge in [-0.25, -0.2) is 0 Å². The summed E-state index contributed by atoms with van der Waals surface area (Å²) in [6.45, 7) is 5.91. The van der Waals surface area contributed by atoms with Crippen LogP contribution in [-0.2, 0) is 4.79 Å². The molecular formula is C10H16O. The molecule has 0 amide bonds. The van der Waals surface area contributed by atoms with E-state index in [-0.39, 0.29) is 5.41 Å². The minimum absolute atomic E-state index is 0.169. The Morgan fingerprint density at radius 1 is 1.64 bits per heavy atom. The zero-order valence-electron chi connectivity index (χ0n) is 7.55. The fourth-order valence-corrected chi connectivity index (χ4v) is 1.70. The molecule has 0 aromatic heterocycles. The molecule has 0 heterocycles. The third-order valence-electron chi connectivity index (χ3n) is 2.60. The van der Waals surface area contributed by atoms with E-state index in [4.69, 9.17) is 0 Å². The van der Waals surface area contributed by atoms with Gasteiger partial charge >= 0.3 is 0 Å². The highest BCUT2D eigenvalue weighted by Crippen LogP contribution is 2.34. The fourth-order valence-electron chi connectivity index (χ4n) is 1.70. The summed E-state index contributed by atoms with van der Waals surface area (Å²) < 4.78 is 0. The van der Waals surface area contributed by atoms with Gasteiger partial charge in [-0.05, 0) is 32.6 Å². The van der Waals surface area contributed by atoms with Gasteiger partial charge in [0.25, 0.3) is 0 Å². The van der Waals surface area contributed by atoms with Gasteiger partial charge in [0, 0.05) is 5.41 Å². The van der Waals surface area contributed by atoms with Crippen LogP contribution >= 0.6 is 0 Å². The predicted octanol–water partition coefficient (Wildman–Crippen LogP) is 2.57. The summed E-state index contributed by atoms with van der Waals surface area (Å²) in [6.07, 6.45) is 6.34. The van der Waals surface area contributed by atoms with Gasteiger partial charge in [-0.2, -0.15) is 0 Å². The maximum atomic E-state index is 11.2. The van der Waals surface area contributed by atoms with Gasteiger partial charge in [-0.15, -0.1) is 0 Å². The van der Waals surface area contributed by atoms with Gasteiger partial charge < -0.3 is 0 Å². The first kappa shape index (κ1) is 8.51. The molecule has 2 unspecified atom stereocenters. The molecule has 1 nitrogen and oxygen atoms in total. The number of allylic oxidation sites excluding steroid dienone is 2. The molecule has 1 rings (SSSR count). The van der Waals surface area contributed by atoms with Crippen molar-refractivity contribution in [2.75, 3.05) is 0 Å². The molecule has 1 heteroatoms. The van der Waals surface area contributed by atoms with Gasteiger partial charge in [0.1, 0.15) is 5.78 Å². The monoisotopic (exact) mass is 152 g/mol. The molecule has 0 aromatic rings. The van der Waals surface area contributed by atoms with Gasteiger partial charge in [0.15, 0.2) is 0 Å². The summed E-state index contributed by atoms with van der Waals surface area (Å²) in [6, 6.07) is 0. The second-order valence-electron chi connectivity index (χ2n) is 3.92. The Hall–Kier alpha value is -0.590. The lowest BCUT2D eigenvalue weighted by Crippen LogP contribution is -2.27. The minimum Gasteiger partial charge on any atom is -0.299 e. The van der Waals surface area contributed by atoms with Crippen LogP contribution in [-0.4, -0.2) is 5.78 Å². The third kappa shape index (κ3) is 1.70. The lowest BCUT2D eigenvalue weighted by atomic mass is 9.74. The van der Waals surface area contributed by atoms with E-state index >= 15 is 0 Å². The van der Waals surface area contributed by atoms with Crippen molar-refractivity contribution in [1.82, 2.24) is 0 Å². The maximum absolute atomic E-state index is 11.2. The lowest BCUT2D eigenvalue weighted by Gasteiger charge is -2.29. The Morgan fingerprint density at radius 3 is 2.64 bits per heavy atom. The summed E-state index contributed by atoms with van der Waals surface area (Å²) in [5.74, 6) is 0.953. The Bertz CT molecular complexity index is 193. The number of carbonyl (C=O) groups excluding carboxylic acids is 1. The topological polar surface area (TPSA) is 17.1 Å². The van der Waals surface area contributed by atoms with Crippen molar-refractivity contribution >= 4 is 5.78 Å². The Labute approximate surface area is 68.5 Å². The van der Waals surface area contributed by atoms with Crippen molar-refractivity contribution in [3.05, 3.63) is 12.2 Å². The smallest absolute Gasteiger partial charge is 0.139 e. The molecule has 1 aliphatic rings. The van der Waals surface area contributed by atoms with Crippen LogP contribution in [0.1, 0.15) is 33.6 Å². The van der Waals surface area contributed by atoms with E-state index in [1.807, 2.05) is 6.92 Å². The van der Waals surface area contributed by atoms with Crippen LogP contribution in [0.4, 0.5) is 0 Å². The van der Waals surface area contributed by atoms with E-state index in [0.29, 0.717) is 11.7 Å². The number of carbonyl (C=O) groups is 1. The van der Waals surface area contributed by atoms with Crippen molar-refractivity contribution in [2.24, 2.45) is 11.3 Å². The maximum Gasteiger partial charge on any atom is 0.139 e. The molecule has 0 fully saturated rings. The number of rotatable bonds is 1. The molecule has 2 atom stereocenters. The molecule has 62 valence electrons. The fraction of sp³-hybridized carbons (Fsp3) is 0.700. The van der Waals surface area contributed by atoms with Crippen LogP contribution in [0.5, 0.6) is 0 Å². The highest BCUT2D eigenvalue weighted by molar-refractivity contribution is 5.84. The van der Waals surface area contributed by atoms with E-state index < -0.39 is 0 Å². The standard InChI is InChI=1S/C10H16O/c1-8-5-4-6-10(3,7-8)9(2)11/h4,6,8H,5,7H2,1-3H3. The van der Waals surface area contributed by atoms with Crippen LogP contribution < -0.4 is 0 Å². The van der Waals surface area contributed by atoms with E-state index in [1.165, 1.54) is 0 Å². The van der Waals surface area contributed by atoms with Crippen LogP contribution in [0.25, 0.3) is 0 Å². The van der Waals surface area contributed by atoms with Gasteiger partial charge in [-0.1, -0.05) is 19.1 Å². The first-order valence-corrected chi connectivity index (χ1v) is 4.23. The minimum atomic E-state index is -0.169. The van der Waals surface area contributed by atoms with E-state index in [1.54, 1.807) is 6.92 Å². The average Bonchev–Trinajstić information content (AvgIpc) is 1.86. The normalized spacial score (nSPS) is 37.2. The molecule has 0 spiro atoms. The molecule has 0 aromatic carbocycles. The van der Waals surface area contributed by atoms with Gasteiger partial charge in [-0.3, -0.25) is 4.79 Å². The molecule has 0 saturated heterocycles. The Morgan fingerprint density at radius 2 is 2.27 bits per heavy atom. The van der Waals surface area contributed by atoms with E-state index in [0.717, 1.165) is 12.8 Å². The van der Waals surface area contributed by atoms with Gasteiger partial charge in [0.05, 0.1) is 0 Å². The molecule has 0 saturated carbocycles. The second kappa shape index (κ2) is 2.80. The molecule has 0 N–H and O–H groups in total. The molecule has 11 heavy (non-hydrogen) atoms. The van der Waals surface area contributed by atoms with Crippen LogP contribution in [0.15, 0.2) is 12.2 Å².